The Hall–Kier alpha value is -2.79. The summed E-state index contributed by atoms with van der Waals surface area (Å²) in [5, 5.41) is 3.05. The molecule has 2 saturated heterocycles. The molecule has 3 aliphatic rings. The molecule has 1 aromatic carbocycles. The molecule has 0 radical (unpaired) electrons. The maximum atomic E-state index is 12.6. The van der Waals surface area contributed by atoms with Gasteiger partial charge in [-0.1, -0.05) is 11.6 Å². The summed E-state index contributed by atoms with van der Waals surface area (Å²) in [5.74, 6) is 0.932. The molecular weight excluding hydrogens is 520 g/mol. The monoisotopic (exact) mass is 550 g/mol. The highest BCUT2D eigenvalue weighted by atomic mass is 35.5. The van der Waals surface area contributed by atoms with Crippen LogP contribution in [0.2, 0.25) is 5.02 Å². The second-order valence-corrected chi connectivity index (χ2v) is 12.6. The van der Waals surface area contributed by atoms with Crippen molar-refractivity contribution in [2.24, 2.45) is 0 Å². The molecule has 2 aliphatic heterocycles. The Morgan fingerprint density at radius 3 is 2.43 bits per heavy atom. The van der Waals surface area contributed by atoms with Gasteiger partial charge in [0.2, 0.25) is 5.75 Å². The molecule has 1 unspecified atom stereocenters. The van der Waals surface area contributed by atoms with E-state index >= 15 is 0 Å². The number of nitrogens with zero attached hydrogens (tertiary/aromatic N) is 3. The van der Waals surface area contributed by atoms with Crippen LogP contribution in [0, 0.1) is 0 Å². The van der Waals surface area contributed by atoms with Crippen LogP contribution >= 0.6 is 11.6 Å². The van der Waals surface area contributed by atoms with Gasteiger partial charge in [-0.05, 0) is 57.7 Å². The smallest absolute Gasteiger partial charge is 0.410 e. The molecule has 10 nitrogen and oxygen atoms in total. The Morgan fingerprint density at radius 1 is 1.14 bits per heavy atom. The molecule has 37 heavy (non-hydrogen) atoms. The van der Waals surface area contributed by atoms with E-state index in [1.54, 1.807) is 12.1 Å². The fourth-order valence-corrected chi connectivity index (χ4v) is 7.10. The Morgan fingerprint density at radius 2 is 1.84 bits per heavy atom. The van der Waals surface area contributed by atoms with Gasteiger partial charge in [-0.2, -0.15) is 4.98 Å². The zero-order chi connectivity index (χ0) is 26.3. The summed E-state index contributed by atoms with van der Waals surface area (Å²) in [6, 6.07) is 4.73. The predicted molar refractivity (Wildman–Crippen MR) is 137 cm³/mol. The molecule has 3 heterocycles. The summed E-state index contributed by atoms with van der Waals surface area (Å²) in [4.78, 5) is 23.2. The Labute approximate surface area is 221 Å². The molecule has 5 rings (SSSR count). The van der Waals surface area contributed by atoms with Crippen LogP contribution in [-0.4, -0.2) is 66.0 Å². The Kier molecular flexibility index (Phi) is 7.10. The van der Waals surface area contributed by atoms with Gasteiger partial charge in [0.25, 0.3) is 5.88 Å². The molecular formula is C25H31ClN4O6S. The number of rotatable bonds is 8. The maximum absolute atomic E-state index is 12.6. The van der Waals surface area contributed by atoms with Crippen molar-refractivity contribution in [2.45, 2.75) is 86.8 Å². The minimum absolute atomic E-state index is 0.0599. The summed E-state index contributed by atoms with van der Waals surface area (Å²) in [7, 11) is -1.85. The molecule has 1 saturated carbocycles. The minimum Gasteiger partial charge on any atom is -0.489 e. The lowest BCUT2D eigenvalue weighted by Crippen LogP contribution is -2.49. The Bertz CT molecular complexity index is 1270. The van der Waals surface area contributed by atoms with Gasteiger partial charge in [0.05, 0.1) is 34.1 Å². The van der Waals surface area contributed by atoms with Crippen LogP contribution in [-0.2, 0) is 14.6 Å². The van der Waals surface area contributed by atoms with Crippen molar-refractivity contribution in [3.05, 3.63) is 29.5 Å². The van der Waals surface area contributed by atoms with Crippen LogP contribution in [0.3, 0.4) is 0 Å². The van der Waals surface area contributed by atoms with Crippen molar-refractivity contribution >= 4 is 39.0 Å². The van der Waals surface area contributed by atoms with E-state index in [1.165, 1.54) is 19.5 Å². The number of ether oxygens (including phenoxy) is 3. The largest absolute Gasteiger partial charge is 0.489 e. The topological polar surface area (TPSA) is 120 Å². The average Bonchev–Trinajstić information content (AvgIpc) is 3.66. The number of nitrogens with one attached hydrogen (secondary N) is 1. The van der Waals surface area contributed by atoms with Gasteiger partial charge in [0, 0.05) is 24.9 Å². The Balaban J connectivity index is 1.30. The predicted octanol–water partition coefficient (Wildman–Crippen LogP) is 4.74. The van der Waals surface area contributed by atoms with Crippen LogP contribution in [0.15, 0.2) is 29.4 Å². The van der Waals surface area contributed by atoms with E-state index in [0.29, 0.717) is 42.9 Å². The van der Waals surface area contributed by atoms with E-state index < -0.39 is 9.84 Å². The number of halogens is 1. The molecule has 12 heteroatoms. The van der Waals surface area contributed by atoms with Crippen LogP contribution in [0.4, 0.5) is 16.3 Å². The molecule has 2 aromatic rings. The molecule has 2 bridgehead atoms. The lowest BCUT2D eigenvalue weighted by Gasteiger charge is -2.38. The maximum Gasteiger partial charge on any atom is 0.410 e. The van der Waals surface area contributed by atoms with Gasteiger partial charge in [-0.25, -0.2) is 18.2 Å². The number of methoxy groups -OCH3 is 1. The number of hydrogen-bond acceptors (Lipinski definition) is 9. The van der Waals surface area contributed by atoms with Gasteiger partial charge in [0.1, 0.15) is 12.4 Å². The number of sulfone groups is 1. The van der Waals surface area contributed by atoms with Crippen LogP contribution in [0.5, 0.6) is 11.6 Å². The van der Waals surface area contributed by atoms with Gasteiger partial charge < -0.3 is 24.4 Å². The number of hydrogen-bond donors (Lipinski definition) is 1. The molecule has 3 fully saturated rings. The number of carbonyl (C=O) groups is 1. The fourth-order valence-electron chi connectivity index (χ4n) is 5.13. The molecule has 1 amide bonds. The molecule has 3 atom stereocenters. The summed E-state index contributed by atoms with van der Waals surface area (Å²) in [6.07, 6.45) is 5.32. The third-order valence-corrected chi connectivity index (χ3v) is 9.55. The van der Waals surface area contributed by atoms with Gasteiger partial charge >= 0.3 is 6.09 Å². The van der Waals surface area contributed by atoms with Crippen molar-refractivity contribution < 1.29 is 27.4 Å². The van der Waals surface area contributed by atoms with E-state index in [4.69, 9.17) is 25.8 Å². The first kappa shape index (κ1) is 25.8. The third-order valence-electron chi connectivity index (χ3n) is 6.98. The highest BCUT2D eigenvalue weighted by molar-refractivity contribution is 7.92. The quantitative estimate of drug-likeness (QED) is 0.497. The number of carbonyl (C=O) groups excluding carboxylic acids is 1. The highest BCUT2D eigenvalue weighted by Crippen LogP contribution is 2.41. The lowest BCUT2D eigenvalue weighted by molar-refractivity contribution is 0.0202. The van der Waals surface area contributed by atoms with Gasteiger partial charge in [0.15, 0.2) is 15.7 Å². The standard InChI is InChI=1S/C25H31ClN4O6S/c1-14(2)35-25(31)30-15-4-5-16(30)11-17(10-15)36-24-22(34-3)23(27-13-28-24)29-21-9-8-19(12-20(21)26)37(32,33)18-6-7-18/h8-9,12-18H,4-7,10-11H2,1-3H3,(H,27,28,29)/t15-,16?,17+/m0/s1. The van der Waals surface area contributed by atoms with Gasteiger partial charge in [-0.15, -0.1) is 0 Å². The first-order chi connectivity index (χ1) is 17.7. The normalized spacial score (nSPS) is 23.2. The third kappa shape index (κ3) is 5.29. The number of benzene rings is 1. The van der Waals surface area contributed by atoms with E-state index in [0.717, 1.165) is 12.8 Å². The van der Waals surface area contributed by atoms with Crippen molar-refractivity contribution in [1.82, 2.24) is 14.9 Å². The molecule has 1 aromatic heterocycles. The van der Waals surface area contributed by atoms with Crippen molar-refractivity contribution in [3.8, 4) is 11.6 Å². The zero-order valence-corrected chi connectivity index (χ0v) is 22.6. The second kappa shape index (κ2) is 10.2. The van der Waals surface area contributed by atoms with E-state index in [-0.39, 0.29) is 51.4 Å². The SMILES string of the molecule is COc1c(Nc2ccc(S(=O)(=O)C3CC3)cc2Cl)ncnc1O[C@H]1CC2CC[C@@H](C1)N2C(=O)OC(C)C. The second-order valence-electron chi connectivity index (χ2n) is 10.0. The molecule has 1 N–H and O–H groups in total. The van der Waals surface area contributed by atoms with E-state index in [9.17, 15) is 13.2 Å². The van der Waals surface area contributed by atoms with E-state index in [2.05, 4.69) is 15.3 Å². The number of piperidine rings is 1. The molecule has 1 aliphatic carbocycles. The van der Waals surface area contributed by atoms with Crippen LogP contribution in [0.25, 0.3) is 0 Å². The summed E-state index contributed by atoms with van der Waals surface area (Å²) >= 11 is 6.43. The fraction of sp³-hybridized carbons (Fsp3) is 0.560. The van der Waals surface area contributed by atoms with Crippen molar-refractivity contribution in [1.29, 1.82) is 0 Å². The van der Waals surface area contributed by atoms with Crippen molar-refractivity contribution in [3.63, 3.8) is 0 Å². The number of aromatic nitrogens is 2. The number of amides is 1. The molecule has 0 spiro atoms. The average molecular weight is 551 g/mol. The van der Waals surface area contributed by atoms with Crippen LogP contribution < -0.4 is 14.8 Å². The van der Waals surface area contributed by atoms with Crippen molar-refractivity contribution in [2.75, 3.05) is 12.4 Å². The first-order valence-electron chi connectivity index (χ1n) is 12.5. The number of anilines is 2. The summed E-state index contributed by atoms with van der Waals surface area (Å²) in [6.45, 7) is 3.70. The summed E-state index contributed by atoms with van der Waals surface area (Å²) in [5.41, 5.74) is 0.481. The lowest BCUT2D eigenvalue weighted by atomic mass is 10.0. The summed E-state index contributed by atoms with van der Waals surface area (Å²) < 4.78 is 42.4. The van der Waals surface area contributed by atoms with E-state index in [1.807, 2.05) is 18.7 Å². The highest BCUT2D eigenvalue weighted by Gasteiger charge is 2.45. The van der Waals surface area contributed by atoms with Crippen LogP contribution in [0.1, 0.15) is 52.4 Å². The minimum atomic E-state index is -3.35. The first-order valence-corrected chi connectivity index (χ1v) is 14.4. The zero-order valence-electron chi connectivity index (χ0n) is 21.0. The number of fused-ring (bicyclic) bond motifs is 2. The van der Waals surface area contributed by atoms with Gasteiger partial charge in [-0.3, -0.25) is 0 Å². The molecule has 200 valence electrons.